The van der Waals surface area contributed by atoms with E-state index in [4.69, 9.17) is 4.74 Å². The van der Waals surface area contributed by atoms with Gasteiger partial charge in [0.2, 0.25) is 5.78 Å². The Morgan fingerprint density at radius 3 is 2.36 bits per heavy atom. The van der Waals surface area contributed by atoms with Crippen LogP contribution in [0.5, 0.6) is 0 Å². The highest BCUT2D eigenvalue weighted by molar-refractivity contribution is 6.12. The summed E-state index contributed by atoms with van der Waals surface area (Å²) in [7, 11) is 0. The van der Waals surface area contributed by atoms with Gasteiger partial charge in [0.05, 0.1) is 6.61 Å². The van der Waals surface area contributed by atoms with E-state index in [9.17, 15) is 9.59 Å². The smallest absolute Gasteiger partial charge is 0.260 e. The Morgan fingerprint density at radius 2 is 1.68 bits per heavy atom. The predicted octanol–water partition coefficient (Wildman–Crippen LogP) is 2.30. The Kier molecular flexibility index (Phi) is 4.30. The van der Waals surface area contributed by atoms with Crippen molar-refractivity contribution >= 4 is 11.7 Å². The number of carbonyl (C=O) groups is 2. The molecule has 0 radical (unpaired) electrons. The number of hydrogen-bond donors (Lipinski definition) is 0. The molecule has 0 spiro atoms. The number of benzene rings is 2. The molecule has 1 aliphatic heterocycles. The Hall–Kier alpha value is -2.46. The third-order valence-electron chi connectivity index (χ3n) is 3.69. The van der Waals surface area contributed by atoms with E-state index in [2.05, 4.69) is 0 Å². The van der Waals surface area contributed by atoms with E-state index in [-0.39, 0.29) is 11.7 Å². The van der Waals surface area contributed by atoms with Gasteiger partial charge in [0, 0.05) is 18.7 Å². The van der Waals surface area contributed by atoms with E-state index in [1.807, 2.05) is 36.4 Å². The second kappa shape index (κ2) is 6.54. The number of amides is 1. The van der Waals surface area contributed by atoms with Crippen LogP contribution in [0.4, 0.5) is 0 Å². The fraction of sp³-hybridized carbons (Fsp3) is 0.222. The Labute approximate surface area is 129 Å². The first-order chi connectivity index (χ1) is 10.8. The Bertz CT molecular complexity index is 655. The molecule has 1 saturated heterocycles. The van der Waals surface area contributed by atoms with Gasteiger partial charge in [-0.2, -0.15) is 0 Å². The molecule has 1 fully saturated rings. The standard InChI is InChI=1S/C18H17NO3/c20-16(15-9-5-2-6-10-15)17-18(21)19(11-12-22-17)13-14-7-3-1-4-8-14/h1-10,17H,11-13H2. The summed E-state index contributed by atoms with van der Waals surface area (Å²) < 4.78 is 5.43. The van der Waals surface area contributed by atoms with Crippen molar-refractivity contribution in [3.63, 3.8) is 0 Å². The van der Waals surface area contributed by atoms with Crippen molar-refractivity contribution in [2.75, 3.05) is 13.2 Å². The van der Waals surface area contributed by atoms with Gasteiger partial charge in [0.1, 0.15) is 0 Å². The molecule has 1 atom stereocenters. The van der Waals surface area contributed by atoms with Gasteiger partial charge < -0.3 is 9.64 Å². The molecular weight excluding hydrogens is 278 g/mol. The van der Waals surface area contributed by atoms with Gasteiger partial charge in [0.25, 0.3) is 5.91 Å². The number of hydrogen-bond acceptors (Lipinski definition) is 3. The third-order valence-corrected chi connectivity index (χ3v) is 3.69. The molecule has 2 aromatic carbocycles. The van der Waals surface area contributed by atoms with Crippen LogP contribution in [0.2, 0.25) is 0 Å². The molecule has 4 nitrogen and oxygen atoms in total. The SMILES string of the molecule is O=C(c1ccccc1)C1OCCN(Cc2ccccc2)C1=O. The number of ether oxygens (including phenoxy) is 1. The minimum atomic E-state index is -1.03. The highest BCUT2D eigenvalue weighted by atomic mass is 16.5. The fourth-order valence-electron chi connectivity index (χ4n) is 2.53. The summed E-state index contributed by atoms with van der Waals surface area (Å²) in [6, 6.07) is 18.6. The first-order valence-corrected chi connectivity index (χ1v) is 7.29. The highest BCUT2D eigenvalue weighted by Gasteiger charge is 2.35. The number of nitrogens with zero attached hydrogens (tertiary/aromatic N) is 1. The van der Waals surface area contributed by atoms with Crippen LogP contribution in [-0.4, -0.2) is 35.8 Å². The van der Waals surface area contributed by atoms with Crippen LogP contribution in [0, 0.1) is 0 Å². The van der Waals surface area contributed by atoms with Crippen molar-refractivity contribution in [2.45, 2.75) is 12.6 Å². The van der Waals surface area contributed by atoms with E-state index >= 15 is 0 Å². The normalized spacial score (nSPS) is 18.3. The molecule has 2 aromatic rings. The summed E-state index contributed by atoms with van der Waals surface area (Å²) in [5, 5.41) is 0. The summed E-state index contributed by atoms with van der Waals surface area (Å²) in [5.41, 5.74) is 1.55. The van der Waals surface area contributed by atoms with E-state index in [1.165, 1.54) is 0 Å². The van der Waals surface area contributed by atoms with Crippen LogP contribution in [0.15, 0.2) is 60.7 Å². The van der Waals surface area contributed by atoms with Crippen molar-refractivity contribution in [1.82, 2.24) is 4.90 Å². The van der Waals surface area contributed by atoms with E-state index in [0.717, 1.165) is 5.56 Å². The molecule has 0 aromatic heterocycles. The van der Waals surface area contributed by atoms with Crippen LogP contribution in [0.1, 0.15) is 15.9 Å². The maximum absolute atomic E-state index is 12.5. The van der Waals surface area contributed by atoms with Crippen molar-refractivity contribution < 1.29 is 14.3 Å². The van der Waals surface area contributed by atoms with E-state index in [0.29, 0.717) is 25.3 Å². The molecule has 0 N–H and O–H groups in total. The Morgan fingerprint density at radius 1 is 1.05 bits per heavy atom. The molecule has 112 valence electrons. The van der Waals surface area contributed by atoms with Gasteiger partial charge in [-0.3, -0.25) is 9.59 Å². The maximum Gasteiger partial charge on any atom is 0.260 e. The quantitative estimate of drug-likeness (QED) is 0.642. The molecule has 3 rings (SSSR count). The lowest BCUT2D eigenvalue weighted by molar-refractivity contribution is -0.149. The zero-order valence-corrected chi connectivity index (χ0v) is 12.1. The van der Waals surface area contributed by atoms with Crippen LogP contribution in [-0.2, 0) is 16.1 Å². The molecule has 1 amide bonds. The zero-order valence-electron chi connectivity index (χ0n) is 12.1. The average molecular weight is 295 g/mol. The van der Waals surface area contributed by atoms with Crippen molar-refractivity contribution in [2.24, 2.45) is 0 Å². The number of carbonyl (C=O) groups excluding carboxylic acids is 2. The predicted molar refractivity (Wildman–Crippen MR) is 82.4 cm³/mol. The lowest BCUT2D eigenvalue weighted by Crippen LogP contribution is -2.50. The molecule has 1 unspecified atom stereocenters. The lowest BCUT2D eigenvalue weighted by atomic mass is 10.0. The average Bonchev–Trinajstić information content (AvgIpc) is 2.58. The van der Waals surface area contributed by atoms with Gasteiger partial charge in [-0.15, -0.1) is 0 Å². The van der Waals surface area contributed by atoms with Crippen LogP contribution in [0.3, 0.4) is 0 Å². The largest absolute Gasteiger partial charge is 0.358 e. The summed E-state index contributed by atoms with van der Waals surface area (Å²) in [4.78, 5) is 26.6. The molecule has 1 heterocycles. The molecule has 0 aliphatic carbocycles. The summed E-state index contributed by atoms with van der Waals surface area (Å²) in [6.45, 7) is 1.38. The van der Waals surface area contributed by atoms with Gasteiger partial charge in [-0.1, -0.05) is 60.7 Å². The van der Waals surface area contributed by atoms with Crippen LogP contribution in [0.25, 0.3) is 0 Å². The second-order valence-electron chi connectivity index (χ2n) is 5.23. The number of Topliss-reactive ketones (excluding diaryl/α,β-unsaturated/α-hetero) is 1. The number of rotatable bonds is 4. The monoisotopic (exact) mass is 295 g/mol. The molecular formula is C18H17NO3. The molecule has 1 aliphatic rings. The van der Waals surface area contributed by atoms with Gasteiger partial charge >= 0.3 is 0 Å². The van der Waals surface area contributed by atoms with E-state index in [1.54, 1.807) is 29.2 Å². The lowest BCUT2D eigenvalue weighted by Gasteiger charge is -2.31. The summed E-state index contributed by atoms with van der Waals surface area (Å²) in [6.07, 6.45) is -1.03. The first-order valence-electron chi connectivity index (χ1n) is 7.29. The van der Waals surface area contributed by atoms with Crippen LogP contribution >= 0.6 is 0 Å². The number of ketones is 1. The minimum Gasteiger partial charge on any atom is -0.358 e. The molecule has 4 heteroatoms. The highest BCUT2D eigenvalue weighted by Crippen LogP contribution is 2.16. The molecule has 0 bridgehead atoms. The van der Waals surface area contributed by atoms with E-state index < -0.39 is 6.10 Å². The minimum absolute atomic E-state index is 0.260. The fourth-order valence-corrected chi connectivity index (χ4v) is 2.53. The first kappa shape index (κ1) is 14.5. The third kappa shape index (κ3) is 3.07. The summed E-state index contributed by atoms with van der Waals surface area (Å²) >= 11 is 0. The molecule has 0 saturated carbocycles. The number of morpholine rings is 1. The summed E-state index contributed by atoms with van der Waals surface area (Å²) in [5.74, 6) is -0.535. The zero-order chi connectivity index (χ0) is 15.4. The van der Waals surface area contributed by atoms with Crippen molar-refractivity contribution in [3.8, 4) is 0 Å². The molecule has 22 heavy (non-hydrogen) atoms. The van der Waals surface area contributed by atoms with Gasteiger partial charge in [-0.25, -0.2) is 0 Å². The topological polar surface area (TPSA) is 46.6 Å². The van der Waals surface area contributed by atoms with Gasteiger partial charge in [-0.05, 0) is 5.56 Å². The van der Waals surface area contributed by atoms with Gasteiger partial charge in [0.15, 0.2) is 6.10 Å². The van der Waals surface area contributed by atoms with Crippen molar-refractivity contribution in [3.05, 3.63) is 71.8 Å². The second-order valence-corrected chi connectivity index (χ2v) is 5.23. The van der Waals surface area contributed by atoms with Crippen LogP contribution < -0.4 is 0 Å². The Balaban J connectivity index is 1.74. The van der Waals surface area contributed by atoms with Crippen molar-refractivity contribution in [1.29, 1.82) is 0 Å². The maximum atomic E-state index is 12.5.